The Labute approximate surface area is 83.6 Å². The third kappa shape index (κ3) is 4.41. The van der Waals surface area contributed by atoms with Crippen LogP contribution in [0.15, 0.2) is 0 Å². The number of hydrogen-bond donors (Lipinski definition) is 1. The quantitative estimate of drug-likeness (QED) is 0.708. The lowest BCUT2D eigenvalue weighted by Crippen LogP contribution is -2.39. The van der Waals surface area contributed by atoms with Gasteiger partial charge in [0.2, 0.25) is 0 Å². The van der Waals surface area contributed by atoms with Crippen LogP contribution >= 0.6 is 11.8 Å². The maximum atomic E-state index is 11.3. The molecule has 0 spiro atoms. The molecule has 3 nitrogen and oxygen atoms in total. The van der Waals surface area contributed by atoms with E-state index in [9.17, 15) is 4.79 Å². The van der Waals surface area contributed by atoms with Crippen molar-refractivity contribution in [3.8, 4) is 0 Å². The van der Waals surface area contributed by atoms with Gasteiger partial charge in [0.05, 0.1) is 0 Å². The number of hydrogen-bond acceptors (Lipinski definition) is 3. The number of carbonyl (C=O) groups excluding carboxylic acids is 1. The third-order valence-corrected chi connectivity index (χ3v) is 2.81. The number of thioether (sulfide) groups is 1. The van der Waals surface area contributed by atoms with E-state index in [0.717, 1.165) is 17.9 Å². The number of nitrogens with one attached hydrogen (secondary N) is 1. The van der Waals surface area contributed by atoms with E-state index >= 15 is 0 Å². The fourth-order valence-corrected chi connectivity index (χ4v) is 2.27. The van der Waals surface area contributed by atoms with Gasteiger partial charge in [0, 0.05) is 11.8 Å². The van der Waals surface area contributed by atoms with Crippen molar-refractivity contribution in [3.63, 3.8) is 0 Å². The second kappa shape index (κ2) is 4.22. The van der Waals surface area contributed by atoms with E-state index in [1.807, 2.05) is 32.5 Å². The zero-order valence-electron chi connectivity index (χ0n) is 8.42. The summed E-state index contributed by atoms with van der Waals surface area (Å²) in [6.07, 6.45) is 0.768. The van der Waals surface area contributed by atoms with Crippen molar-refractivity contribution in [2.24, 2.45) is 0 Å². The summed E-state index contributed by atoms with van der Waals surface area (Å²) in [5.74, 6) is 2.15. The lowest BCUT2D eigenvalue weighted by Gasteiger charge is -2.21. The molecule has 4 heteroatoms. The largest absolute Gasteiger partial charge is 0.444 e. The van der Waals surface area contributed by atoms with Gasteiger partial charge in [-0.3, -0.25) is 0 Å². The zero-order chi connectivity index (χ0) is 9.90. The van der Waals surface area contributed by atoms with Gasteiger partial charge >= 0.3 is 6.09 Å². The number of rotatable bonds is 1. The molecule has 0 radical (unpaired) electrons. The van der Waals surface area contributed by atoms with Crippen molar-refractivity contribution in [3.05, 3.63) is 0 Å². The molecule has 1 saturated heterocycles. The first kappa shape index (κ1) is 10.7. The van der Waals surface area contributed by atoms with Crippen LogP contribution in [0, 0.1) is 0 Å². The molecule has 0 aromatic rings. The summed E-state index contributed by atoms with van der Waals surface area (Å²) in [4.78, 5) is 11.3. The van der Waals surface area contributed by atoms with Crippen LogP contribution in [0.2, 0.25) is 0 Å². The minimum Gasteiger partial charge on any atom is -0.444 e. The maximum absolute atomic E-state index is 11.3. The smallest absolute Gasteiger partial charge is 0.407 e. The van der Waals surface area contributed by atoms with Gasteiger partial charge in [0.1, 0.15) is 5.60 Å². The Kier molecular flexibility index (Phi) is 3.47. The van der Waals surface area contributed by atoms with Gasteiger partial charge in [0.25, 0.3) is 0 Å². The second-order valence-electron chi connectivity index (χ2n) is 4.21. The highest BCUT2D eigenvalue weighted by Gasteiger charge is 2.21. The lowest BCUT2D eigenvalue weighted by molar-refractivity contribution is 0.0510. The topological polar surface area (TPSA) is 38.3 Å². The van der Waals surface area contributed by atoms with Crippen LogP contribution in [0.3, 0.4) is 0 Å². The molecule has 1 N–H and O–H groups in total. The highest BCUT2D eigenvalue weighted by atomic mass is 32.2. The van der Waals surface area contributed by atoms with E-state index in [-0.39, 0.29) is 6.09 Å². The van der Waals surface area contributed by atoms with E-state index in [2.05, 4.69) is 5.32 Å². The summed E-state index contributed by atoms with van der Waals surface area (Å²) < 4.78 is 5.14. The molecular weight excluding hydrogens is 186 g/mol. The minimum absolute atomic E-state index is 0.292. The van der Waals surface area contributed by atoms with Crippen LogP contribution in [0.5, 0.6) is 0 Å². The Morgan fingerprint density at radius 1 is 1.54 bits per heavy atom. The summed E-state index contributed by atoms with van der Waals surface area (Å²) in [5.41, 5.74) is -0.393. The van der Waals surface area contributed by atoms with Gasteiger partial charge in [-0.1, -0.05) is 0 Å². The van der Waals surface area contributed by atoms with Crippen LogP contribution in [0.25, 0.3) is 0 Å². The molecule has 0 aromatic heterocycles. The molecule has 1 aliphatic heterocycles. The fourth-order valence-electron chi connectivity index (χ4n) is 1.12. The third-order valence-electron chi connectivity index (χ3n) is 1.65. The predicted molar refractivity (Wildman–Crippen MR) is 55.1 cm³/mol. The standard InChI is InChI=1S/C9H17NO2S/c1-9(2,3)12-8(11)10-7-4-5-13-6-7/h7H,4-6H2,1-3H3,(H,10,11)/t7-/m1/s1. The molecule has 0 bridgehead atoms. The molecule has 1 amide bonds. The molecule has 1 atom stereocenters. The normalized spacial score (nSPS) is 22.8. The average molecular weight is 203 g/mol. The Hall–Kier alpha value is -0.380. The summed E-state index contributed by atoms with van der Waals surface area (Å²) in [5, 5.41) is 2.85. The highest BCUT2D eigenvalue weighted by molar-refractivity contribution is 7.99. The van der Waals surface area contributed by atoms with Crippen LogP contribution in [-0.2, 0) is 4.74 Å². The van der Waals surface area contributed by atoms with Crippen molar-refractivity contribution in [2.45, 2.75) is 38.8 Å². The number of ether oxygens (including phenoxy) is 1. The van der Waals surface area contributed by atoms with Crippen molar-refractivity contribution < 1.29 is 9.53 Å². The van der Waals surface area contributed by atoms with Crippen molar-refractivity contribution in [1.82, 2.24) is 5.32 Å². The van der Waals surface area contributed by atoms with Crippen molar-refractivity contribution in [2.75, 3.05) is 11.5 Å². The van der Waals surface area contributed by atoms with E-state index < -0.39 is 5.60 Å². The highest BCUT2D eigenvalue weighted by Crippen LogP contribution is 2.17. The van der Waals surface area contributed by atoms with Gasteiger partial charge < -0.3 is 10.1 Å². The fraction of sp³-hybridized carbons (Fsp3) is 0.889. The van der Waals surface area contributed by atoms with Gasteiger partial charge in [-0.05, 0) is 32.9 Å². The van der Waals surface area contributed by atoms with Crippen molar-refractivity contribution >= 4 is 17.9 Å². The average Bonchev–Trinajstić information content (AvgIpc) is 2.34. The van der Waals surface area contributed by atoms with E-state index in [0.29, 0.717) is 6.04 Å². The minimum atomic E-state index is -0.393. The lowest BCUT2D eigenvalue weighted by atomic mass is 10.2. The molecule has 0 aliphatic carbocycles. The van der Waals surface area contributed by atoms with E-state index in [4.69, 9.17) is 4.74 Å². The van der Waals surface area contributed by atoms with Gasteiger partial charge in [0.15, 0.2) is 0 Å². The number of amides is 1. The van der Waals surface area contributed by atoms with Crippen LogP contribution in [0.1, 0.15) is 27.2 Å². The Morgan fingerprint density at radius 3 is 2.69 bits per heavy atom. The molecule has 13 heavy (non-hydrogen) atoms. The van der Waals surface area contributed by atoms with Crippen LogP contribution in [0.4, 0.5) is 4.79 Å². The molecule has 1 fully saturated rings. The summed E-state index contributed by atoms with van der Waals surface area (Å²) in [6.45, 7) is 5.61. The van der Waals surface area contributed by atoms with Crippen LogP contribution < -0.4 is 5.32 Å². The first-order valence-electron chi connectivity index (χ1n) is 4.54. The number of carbonyl (C=O) groups is 1. The first-order chi connectivity index (χ1) is 5.97. The Morgan fingerprint density at radius 2 is 2.23 bits per heavy atom. The molecule has 76 valence electrons. The first-order valence-corrected chi connectivity index (χ1v) is 5.70. The van der Waals surface area contributed by atoms with Crippen molar-refractivity contribution in [1.29, 1.82) is 0 Å². The SMILES string of the molecule is CC(C)(C)OC(=O)N[C@@H]1CCSC1. The van der Waals surface area contributed by atoms with E-state index in [1.54, 1.807) is 0 Å². The predicted octanol–water partition coefficient (Wildman–Crippen LogP) is 2.02. The van der Waals surface area contributed by atoms with Gasteiger partial charge in [-0.25, -0.2) is 4.79 Å². The summed E-state index contributed by atoms with van der Waals surface area (Å²) in [7, 11) is 0. The molecular formula is C9H17NO2S. The Balaban J connectivity index is 2.24. The molecule has 1 rings (SSSR count). The molecule has 0 aromatic carbocycles. The molecule has 0 unspecified atom stereocenters. The Bertz CT molecular complexity index is 183. The summed E-state index contributed by atoms with van der Waals surface area (Å²) in [6, 6.07) is 0.305. The van der Waals surface area contributed by atoms with Gasteiger partial charge in [-0.15, -0.1) is 0 Å². The molecule has 1 aliphatic rings. The molecule has 1 heterocycles. The zero-order valence-corrected chi connectivity index (χ0v) is 9.24. The van der Waals surface area contributed by atoms with E-state index in [1.165, 1.54) is 0 Å². The summed E-state index contributed by atoms with van der Waals surface area (Å²) >= 11 is 1.87. The molecule has 0 saturated carbocycles. The van der Waals surface area contributed by atoms with Gasteiger partial charge in [-0.2, -0.15) is 11.8 Å². The maximum Gasteiger partial charge on any atom is 0.407 e. The second-order valence-corrected chi connectivity index (χ2v) is 5.36. The number of alkyl carbamates (subject to hydrolysis) is 1. The van der Waals surface area contributed by atoms with Crippen LogP contribution in [-0.4, -0.2) is 29.2 Å². The monoisotopic (exact) mass is 203 g/mol.